The van der Waals surface area contributed by atoms with Crippen molar-refractivity contribution >= 4 is 10.9 Å². The van der Waals surface area contributed by atoms with E-state index in [1.165, 1.54) is 6.20 Å². The van der Waals surface area contributed by atoms with Gasteiger partial charge >= 0.3 is 0 Å². The molecule has 0 bridgehead atoms. The number of aromatic hydroxyl groups is 1. The largest absolute Gasteiger partial charge is 0.506 e. The normalized spacial score (nSPS) is 10.9. The Bertz CT molecular complexity index is 436. The predicted octanol–water partition coefficient (Wildman–Crippen LogP) is 1.03. The Balaban J connectivity index is 2.45. The summed E-state index contributed by atoms with van der Waals surface area (Å²) in [6.45, 7) is 0.898. The Morgan fingerprint density at radius 1 is 1.50 bits per heavy atom. The molecule has 0 atom stereocenters. The summed E-state index contributed by atoms with van der Waals surface area (Å²) in [6, 6.07) is 0. The lowest BCUT2D eigenvalue weighted by Gasteiger charge is -1.99. The van der Waals surface area contributed by atoms with Gasteiger partial charge in [-0.1, -0.05) is 0 Å². The van der Waals surface area contributed by atoms with E-state index in [4.69, 9.17) is 0 Å². The van der Waals surface area contributed by atoms with Crippen molar-refractivity contribution in [1.82, 2.24) is 15.3 Å². The Morgan fingerprint density at radius 3 is 3.14 bits per heavy atom. The second-order valence-electron chi connectivity index (χ2n) is 3.25. The maximum atomic E-state index is 9.64. The molecule has 0 aliphatic rings. The third-order valence-corrected chi connectivity index (χ3v) is 2.29. The van der Waals surface area contributed by atoms with Gasteiger partial charge in [-0.3, -0.25) is 4.98 Å². The van der Waals surface area contributed by atoms with Gasteiger partial charge in [0.2, 0.25) is 0 Å². The number of pyridine rings is 1. The van der Waals surface area contributed by atoms with Gasteiger partial charge in [0.25, 0.3) is 0 Å². The quantitative estimate of drug-likeness (QED) is 0.679. The predicted molar refractivity (Wildman–Crippen MR) is 55.4 cm³/mol. The molecule has 74 valence electrons. The molecule has 14 heavy (non-hydrogen) atoms. The molecule has 0 unspecified atom stereocenters. The zero-order valence-corrected chi connectivity index (χ0v) is 8.04. The molecule has 0 aliphatic heterocycles. The zero-order valence-electron chi connectivity index (χ0n) is 8.04. The van der Waals surface area contributed by atoms with Crippen LogP contribution in [0.25, 0.3) is 10.9 Å². The van der Waals surface area contributed by atoms with Gasteiger partial charge in [0, 0.05) is 11.6 Å². The van der Waals surface area contributed by atoms with Crippen LogP contribution in [0.5, 0.6) is 5.75 Å². The SMILES string of the molecule is CNCCc1c[nH]c2cncc(O)c12. The number of aromatic nitrogens is 2. The van der Waals surface area contributed by atoms with Crippen LogP contribution >= 0.6 is 0 Å². The van der Waals surface area contributed by atoms with E-state index in [9.17, 15) is 5.11 Å². The Hall–Kier alpha value is -1.55. The average Bonchev–Trinajstić information content (AvgIpc) is 2.59. The minimum absolute atomic E-state index is 0.245. The van der Waals surface area contributed by atoms with E-state index in [0.717, 1.165) is 29.4 Å². The van der Waals surface area contributed by atoms with Crippen LogP contribution in [-0.2, 0) is 6.42 Å². The van der Waals surface area contributed by atoms with Crippen molar-refractivity contribution in [3.8, 4) is 5.75 Å². The molecule has 4 heteroatoms. The van der Waals surface area contributed by atoms with Gasteiger partial charge in [-0.25, -0.2) is 0 Å². The molecule has 2 heterocycles. The smallest absolute Gasteiger partial charge is 0.143 e. The van der Waals surface area contributed by atoms with Crippen molar-refractivity contribution in [2.75, 3.05) is 13.6 Å². The number of fused-ring (bicyclic) bond motifs is 1. The van der Waals surface area contributed by atoms with Crippen molar-refractivity contribution < 1.29 is 5.11 Å². The van der Waals surface area contributed by atoms with Gasteiger partial charge in [0.05, 0.1) is 17.9 Å². The van der Waals surface area contributed by atoms with Gasteiger partial charge in [-0.05, 0) is 25.6 Å². The molecule has 0 aromatic carbocycles. The molecule has 3 N–H and O–H groups in total. The van der Waals surface area contributed by atoms with E-state index in [1.807, 2.05) is 13.2 Å². The van der Waals surface area contributed by atoms with E-state index in [-0.39, 0.29) is 5.75 Å². The lowest BCUT2D eigenvalue weighted by molar-refractivity contribution is 0.479. The van der Waals surface area contributed by atoms with Crippen molar-refractivity contribution in [1.29, 1.82) is 0 Å². The molecule has 0 spiro atoms. The standard InChI is InChI=1S/C10H13N3O/c1-11-3-2-7-4-13-8-5-12-6-9(14)10(7)8/h4-6,11,13-14H,2-3H2,1H3. The maximum absolute atomic E-state index is 9.64. The van der Waals surface area contributed by atoms with E-state index >= 15 is 0 Å². The van der Waals surface area contributed by atoms with E-state index in [0.29, 0.717) is 0 Å². The van der Waals surface area contributed by atoms with E-state index in [1.54, 1.807) is 6.20 Å². The van der Waals surface area contributed by atoms with Crippen LogP contribution in [0.2, 0.25) is 0 Å². The van der Waals surface area contributed by atoms with E-state index in [2.05, 4.69) is 15.3 Å². The lowest BCUT2D eigenvalue weighted by atomic mass is 10.1. The fraction of sp³-hybridized carbons (Fsp3) is 0.300. The first-order valence-corrected chi connectivity index (χ1v) is 4.60. The Morgan fingerprint density at radius 2 is 2.36 bits per heavy atom. The summed E-state index contributed by atoms with van der Waals surface area (Å²) in [7, 11) is 1.91. The molecule has 2 aromatic rings. The summed E-state index contributed by atoms with van der Waals surface area (Å²) in [6.07, 6.45) is 6.01. The van der Waals surface area contributed by atoms with Crippen LogP contribution < -0.4 is 5.32 Å². The fourth-order valence-electron chi connectivity index (χ4n) is 1.59. The number of rotatable bonds is 3. The van der Waals surface area contributed by atoms with Crippen molar-refractivity contribution in [3.63, 3.8) is 0 Å². The maximum Gasteiger partial charge on any atom is 0.143 e. The minimum atomic E-state index is 0.245. The molecule has 2 rings (SSSR count). The topological polar surface area (TPSA) is 60.9 Å². The van der Waals surface area contributed by atoms with Gasteiger partial charge in [0.15, 0.2) is 0 Å². The van der Waals surface area contributed by atoms with Crippen molar-refractivity contribution in [3.05, 3.63) is 24.2 Å². The second-order valence-corrected chi connectivity index (χ2v) is 3.25. The average molecular weight is 191 g/mol. The Kier molecular flexibility index (Phi) is 2.37. The molecule has 0 radical (unpaired) electrons. The summed E-state index contributed by atoms with van der Waals surface area (Å²) in [5, 5.41) is 13.6. The number of H-pyrrole nitrogens is 1. The van der Waals surface area contributed by atoms with Crippen molar-refractivity contribution in [2.24, 2.45) is 0 Å². The van der Waals surface area contributed by atoms with Crippen LogP contribution in [0.15, 0.2) is 18.6 Å². The van der Waals surface area contributed by atoms with Crippen LogP contribution in [0.3, 0.4) is 0 Å². The lowest BCUT2D eigenvalue weighted by Crippen LogP contribution is -2.09. The summed E-state index contributed by atoms with van der Waals surface area (Å²) >= 11 is 0. The highest BCUT2D eigenvalue weighted by atomic mass is 16.3. The third kappa shape index (κ3) is 1.44. The van der Waals surface area contributed by atoms with Crippen LogP contribution in [0.1, 0.15) is 5.56 Å². The molecular weight excluding hydrogens is 178 g/mol. The summed E-state index contributed by atoms with van der Waals surface area (Å²) in [5.74, 6) is 0.245. The van der Waals surface area contributed by atoms with Gasteiger partial charge < -0.3 is 15.4 Å². The second kappa shape index (κ2) is 3.67. The number of aromatic amines is 1. The molecule has 2 aromatic heterocycles. The monoisotopic (exact) mass is 191 g/mol. The molecule has 0 amide bonds. The Labute approximate surface area is 82.0 Å². The molecule has 0 fully saturated rings. The number of nitrogens with zero attached hydrogens (tertiary/aromatic N) is 1. The van der Waals surface area contributed by atoms with Crippen molar-refractivity contribution in [2.45, 2.75) is 6.42 Å². The van der Waals surface area contributed by atoms with Gasteiger partial charge in [-0.15, -0.1) is 0 Å². The number of hydrogen-bond acceptors (Lipinski definition) is 3. The first-order chi connectivity index (χ1) is 6.83. The molecule has 0 saturated heterocycles. The third-order valence-electron chi connectivity index (χ3n) is 2.29. The summed E-state index contributed by atoms with van der Waals surface area (Å²) in [5.41, 5.74) is 2.00. The number of hydrogen-bond donors (Lipinski definition) is 3. The first kappa shape index (κ1) is 9.02. The van der Waals surface area contributed by atoms with E-state index < -0.39 is 0 Å². The minimum Gasteiger partial charge on any atom is -0.506 e. The van der Waals surface area contributed by atoms with Gasteiger partial charge in [0.1, 0.15) is 5.75 Å². The highest BCUT2D eigenvalue weighted by Crippen LogP contribution is 2.26. The van der Waals surface area contributed by atoms with Crippen LogP contribution in [0.4, 0.5) is 0 Å². The van der Waals surface area contributed by atoms with Gasteiger partial charge in [-0.2, -0.15) is 0 Å². The molecule has 4 nitrogen and oxygen atoms in total. The highest BCUT2D eigenvalue weighted by Gasteiger charge is 2.07. The summed E-state index contributed by atoms with van der Waals surface area (Å²) < 4.78 is 0. The van der Waals surface area contributed by atoms with Crippen LogP contribution in [-0.4, -0.2) is 28.7 Å². The fourth-order valence-corrected chi connectivity index (χ4v) is 1.59. The first-order valence-electron chi connectivity index (χ1n) is 4.60. The number of nitrogens with one attached hydrogen (secondary N) is 2. The summed E-state index contributed by atoms with van der Waals surface area (Å²) in [4.78, 5) is 7.00. The molecule has 0 aliphatic carbocycles. The van der Waals surface area contributed by atoms with Crippen LogP contribution in [0, 0.1) is 0 Å². The highest BCUT2D eigenvalue weighted by molar-refractivity contribution is 5.87. The molecular formula is C10H13N3O. The number of likely N-dealkylation sites (N-methyl/N-ethyl adjacent to an activating group) is 1. The zero-order chi connectivity index (χ0) is 9.97. The molecule has 0 saturated carbocycles.